The van der Waals surface area contributed by atoms with Gasteiger partial charge in [-0.25, -0.2) is 0 Å². The molecular weight excluding hydrogens is 258 g/mol. The minimum Gasteiger partial charge on any atom is -0.493 e. The first-order valence-corrected chi connectivity index (χ1v) is 5.26. The van der Waals surface area contributed by atoms with E-state index in [1.165, 1.54) is 27.4 Å². The van der Waals surface area contributed by atoms with Crippen LogP contribution in [0, 0.1) is 10.1 Å². The van der Waals surface area contributed by atoms with E-state index >= 15 is 0 Å². The molecule has 1 aromatic rings. The van der Waals surface area contributed by atoms with Gasteiger partial charge in [-0.1, -0.05) is 0 Å². The molecule has 0 saturated heterocycles. The van der Waals surface area contributed by atoms with Crippen LogP contribution < -0.4 is 14.2 Å². The Hall–Kier alpha value is -1.80. The molecule has 0 saturated carbocycles. The van der Waals surface area contributed by atoms with Crippen LogP contribution in [0.5, 0.6) is 17.2 Å². The molecule has 3 radical (unpaired) electrons. The van der Waals surface area contributed by atoms with Crippen molar-refractivity contribution in [3.05, 3.63) is 21.7 Å². The highest BCUT2D eigenvalue weighted by Gasteiger charge is 2.28. The maximum absolute atomic E-state index is 11.1. The van der Waals surface area contributed by atoms with Crippen LogP contribution in [0.4, 0.5) is 5.69 Å². The molecular formula is C10H12NO6Si. The van der Waals surface area contributed by atoms with Crippen LogP contribution in [0.1, 0.15) is 5.56 Å². The fourth-order valence-electron chi connectivity index (χ4n) is 1.58. The van der Waals surface area contributed by atoms with Crippen molar-refractivity contribution in [2.24, 2.45) is 0 Å². The lowest BCUT2D eigenvalue weighted by Gasteiger charge is -2.14. The number of hydrogen-bond acceptors (Lipinski definition) is 6. The summed E-state index contributed by atoms with van der Waals surface area (Å²) in [5.41, 5.74) is 0.0953. The van der Waals surface area contributed by atoms with Crippen molar-refractivity contribution in [2.45, 2.75) is 6.61 Å². The summed E-state index contributed by atoms with van der Waals surface area (Å²) in [5, 5.41) is 11.1. The maximum Gasteiger partial charge on any atom is 0.320 e. The first-order chi connectivity index (χ1) is 8.60. The molecule has 1 rings (SSSR count). The molecule has 8 heteroatoms. The Kier molecular flexibility index (Phi) is 4.92. The molecule has 1 aromatic carbocycles. The van der Waals surface area contributed by atoms with Crippen LogP contribution in [0.3, 0.4) is 0 Å². The Morgan fingerprint density at radius 3 is 2.22 bits per heavy atom. The summed E-state index contributed by atoms with van der Waals surface area (Å²) in [6.45, 7) is -0.0100. The SMILES string of the molecule is COc1cc(CO[Si])c([N+](=O)[O-])c(OC)c1OC. The van der Waals surface area contributed by atoms with Gasteiger partial charge in [0.05, 0.1) is 38.4 Å². The molecule has 97 valence electrons. The molecule has 0 aliphatic heterocycles. The summed E-state index contributed by atoms with van der Waals surface area (Å²) in [6, 6.07) is 1.47. The summed E-state index contributed by atoms with van der Waals surface area (Å²) >= 11 is 0. The third-order valence-corrected chi connectivity index (χ3v) is 2.44. The van der Waals surface area contributed by atoms with E-state index in [1.54, 1.807) is 0 Å². The van der Waals surface area contributed by atoms with Gasteiger partial charge in [0.15, 0.2) is 5.75 Å². The fraction of sp³-hybridized carbons (Fsp3) is 0.400. The van der Waals surface area contributed by atoms with Gasteiger partial charge < -0.3 is 18.6 Å². The Morgan fingerprint density at radius 2 is 1.83 bits per heavy atom. The van der Waals surface area contributed by atoms with Gasteiger partial charge in [0.2, 0.25) is 22.0 Å². The number of hydrogen-bond donors (Lipinski definition) is 0. The quantitative estimate of drug-likeness (QED) is 0.439. The number of methoxy groups -OCH3 is 3. The zero-order chi connectivity index (χ0) is 13.7. The van der Waals surface area contributed by atoms with Gasteiger partial charge in [0.1, 0.15) is 0 Å². The smallest absolute Gasteiger partial charge is 0.320 e. The van der Waals surface area contributed by atoms with Crippen molar-refractivity contribution in [1.29, 1.82) is 0 Å². The second kappa shape index (κ2) is 6.22. The zero-order valence-electron chi connectivity index (χ0n) is 10.2. The zero-order valence-corrected chi connectivity index (χ0v) is 11.2. The van der Waals surface area contributed by atoms with Gasteiger partial charge in [-0.3, -0.25) is 10.1 Å². The van der Waals surface area contributed by atoms with E-state index in [0.29, 0.717) is 11.3 Å². The van der Waals surface area contributed by atoms with E-state index in [0.717, 1.165) is 0 Å². The second-order valence-electron chi connectivity index (χ2n) is 3.20. The number of ether oxygens (including phenoxy) is 3. The molecule has 0 aliphatic carbocycles. The van der Waals surface area contributed by atoms with E-state index in [2.05, 4.69) is 10.5 Å². The first-order valence-electron chi connectivity index (χ1n) is 4.85. The fourth-order valence-corrected chi connectivity index (χ4v) is 1.74. The van der Waals surface area contributed by atoms with Crippen LogP contribution in [-0.4, -0.2) is 36.7 Å². The van der Waals surface area contributed by atoms with Crippen LogP contribution in [0.25, 0.3) is 0 Å². The third-order valence-electron chi connectivity index (χ3n) is 2.29. The van der Waals surface area contributed by atoms with Gasteiger partial charge in [-0.15, -0.1) is 0 Å². The summed E-state index contributed by atoms with van der Waals surface area (Å²) in [5.74, 6) is 0.503. The Labute approximate surface area is 107 Å². The third kappa shape index (κ3) is 2.54. The molecule has 0 heterocycles. The van der Waals surface area contributed by atoms with Crippen LogP contribution in [-0.2, 0) is 11.0 Å². The van der Waals surface area contributed by atoms with E-state index in [4.69, 9.17) is 18.6 Å². The number of nitro benzene ring substituents is 1. The molecule has 0 atom stereocenters. The van der Waals surface area contributed by atoms with Crippen molar-refractivity contribution in [3.8, 4) is 17.2 Å². The van der Waals surface area contributed by atoms with Gasteiger partial charge in [0.25, 0.3) is 0 Å². The molecule has 0 unspecified atom stereocenters. The van der Waals surface area contributed by atoms with Gasteiger partial charge in [0, 0.05) is 0 Å². The molecule has 7 nitrogen and oxygen atoms in total. The predicted molar refractivity (Wildman–Crippen MR) is 63.3 cm³/mol. The average molecular weight is 270 g/mol. The topological polar surface area (TPSA) is 80.1 Å². The number of rotatable bonds is 6. The van der Waals surface area contributed by atoms with Crippen molar-refractivity contribution < 1.29 is 23.6 Å². The highest BCUT2D eigenvalue weighted by molar-refractivity contribution is 5.97. The largest absolute Gasteiger partial charge is 0.493 e. The Morgan fingerprint density at radius 1 is 1.22 bits per heavy atom. The van der Waals surface area contributed by atoms with E-state index in [9.17, 15) is 10.1 Å². The maximum atomic E-state index is 11.1. The van der Waals surface area contributed by atoms with Crippen molar-refractivity contribution in [1.82, 2.24) is 0 Å². The monoisotopic (exact) mass is 270 g/mol. The molecule has 0 spiro atoms. The molecule has 0 amide bonds. The summed E-state index contributed by atoms with van der Waals surface area (Å²) in [6.07, 6.45) is 0. The standard InChI is InChI=1S/C10H12NO6Si/c1-14-7-4-6(5-17-18)8(11(12)13)10(16-3)9(7)15-2/h4H,5H2,1-3H3. The minimum atomic E-state index is -0.554. The molecule has 18 heavy (non-hydrogen) atoms. The van der Waals surface area contributed by atoms with Crippen molar-refractivity contribution in [3.63, 3.8) is 0 Å². The summed E-state index contributed by atoms with van der Waals surface area (Å²) < 4.78 is 20.0. The molecule has 0 aliphatic rings. The van der Waals surface area contributed by atoms with Crippen LogP contribution in [0.15, 0.2) is 6.07 Å². The lowest BCUT2D eigenvalue weighted by molar-refractivity contribution is -0.386. The van der Waals surface area contributed by atoms with Crippen LogP contribution in [0.2, 0.25) is 0 Å². The van der Waals surface area contributed by atoms with Gasteiger partial charge in [-0.2, -0.15) is 0 Å². The number of nitro groups is 1. The first kappa shape index (κ1) is 14.3. The van der Waals surface area contributed by atoms with Crippen LogP contribution >= 0.6 is 0 Å². The number of benzene rings is 1. The lowest BCUT2D eigenvalue weighted by Crippen LogP contribution is -2.04. The van der Waals surface area contributed by atoms with Gasteiger partial charge >= 0.3 is 5.69 Å². The highest BCUT2D eigenvalue weighted by Crippen LogP contribution is 2.46. The molecule has 0 N–H and O–H groups in total. The van der Waals surface area contributed by atoms with E-state index < -0.39 is 4.92 Å². The normalized spacial score (nSPS) is 10.0. The predicted octanol–water partition coefficient (Wildman–Crippen LogP) is 1.22. The lowest BCUT2D eigenvalue weighted by atomic mass is 10.1. The molecule has 0 aromatic heterocycles. The Balaban J connectivity index is 3.57. The minimum absolute atomic E-state index is 0.000525. The second-order valence-corrected chi connectivity index (χ2v) is 3.49. The van der Waals surface area contributed by atoms with Crippen molar-refractivity contribution in [2.75, 3.05) is 21.3 Å². The van der Waals surface area contributed by atoms with Crippen molar-refractivity contribution >= 4 is 16.2 Å². The highest BCUT2D eigenvalue weighted by atomic mass is 28.2. The summed E-state index contributed by atoms with van der Waals surface area (Å²) in [4.78, 5) is 10.5. The average Bonchev–Trinajstić information content (AvgIpc) is 2.36. The summed E-state index contributed by atoms with van der Waals surface area (Å²) in [7, 11) is 6.94. The van der Waals surface area contributed by atoms with E-state index in [1.807, 2.05) is 0 Å². The molecule has 0 fully saturated rings. The number of nitrogens with zero attached hydrogens (tertiary/aromatic N) is 1. The molecule has 0 bridgehead atoms. The van der Waals surface area contributed by atoms with E-state index in [-0.39, 0.29) is 23.8 Å². The Bertz CT molecular complexity index is 450. The van der Waals surface area contributed by atoms with Gasteiger partial charge in [-0.05, 0) is 6.07 Å².